The van der Waals surface area contributed by atoms with Gasteiger partial charge in [-0.2, -0.15) is 5.26 Å². The monoisotopic (exact) mass is 458 g/mol. The number of carboxylic acids is 1. The van der Waals surface area contributed by atoms with Crippen molar-refractivity contribution < 1.29 is 14.3 Å². The van der Waals surface area contributed by atoms with Gasteiger partial charge >= 0.3 is 5.97 Å². The van der Waals surface area contributed by atoms with Crippen LogP contribution in [0.15, 0.2) is 66.7 Å². The fourth-order valence-electron chi connectivity index (χ4n) is 4.29. The minimum Gasteiger partial charge on any atom is -0.481 e. The average molecular weight is 459 g/mol. The number of fused-ring (bicyclic) bond motifs is 1. The number of nitrogens with zero attached hydrogens (tertiary/aromatic N) is 1. The van der Waals surface area contributed by atoms with Crippen molar-refractivity contribution in [2.75, 3.05) is 23.7 Å². The molecule has 34 heavy (non-hydrogen) atoms. The topological polar surface area (TPSA) is 97.2 Å². The Balaban J connectivity index is 1.48. The second-order valence-electron chi connectivity index (χ2n) is 8.51. The van der Waals surface area contributed by atoms with Gasteiger partial charge in [0.1, 0.15) is 11.9 Å². The fraction of sp³-hybridized carbons (Fsp3) is 0.259. The zero-order valence-corrected chi connectivity index (χ0v) is 18.9. The van der Waals surface area contributed by atoms with E-state index >= 15 is 0 Å². The fourth-order valence-corrected chi connectivity index (χ4v) is 4.29. The number of carbonyl (C=O) groups is 1. The van der Waals surface area contributed by atoms with Crippen molar-refractivity contribution in [2.24, 2.45) is 0 Å². The predicted molar refractivity (Wildman–Crippen MR) is 130 cm³/mol. The van der Waals surface area contributed by atoms with E-state index in [9.17, 15) is 19.6 Å². The van der Waals surface area contributed by atoms with Gasteiger partial charge in [-0.1, -0.05) is 54.6 Å². The van der Waals surface area contributed by atoms with Crippen LogP contribution < -0.4 is 16.0 Å². The summed E-state index contributed by atoms with van der Waals surface area (Å²) in [5.74, 6) is -1.81. The van der Waals surface area contributed by atoms with E-state index in [-0.39, 0.29) is 17.6 Å². The average Bonchev–Trinajstić information content (AvgIpc) is 2.86. The van der Waals surface area contributed by atoms with Gasteiger partial charge in [0.15, 0.2) is 0 Å². The van der Waals surface area contributed by atoms with Crippen molar-refractivity contribution in [2.45, 2.75) is 31.3 Å². The Labute approximate surface area is 198 Å². The van der Waals surface area contributed by atoms with E-state index in [0.717, 1.165) is 23.1 Å². The van der Waals surface area contributed by atoms with E-state index < -0.39 is 17.7 Å². The first kappa shape index (κ1) is 23.3. The summed E-state index contributed by atoms with van der Waals surface area (Å²) in [4.78, 5) is 11.2. The van der Waals surface area contributed by atoms with Gasteiger partial charge < -0.3 is 21.1 Å². The molecule has 0 fully saturated rings. The van der Waals surface area contributed by atoms with Crippen molar-refractivity contribution in [1.82, 2.24) is 5.32 Å². The molecule has 7 heteroatoms. The molecule has 0 unspecified atom stereocenters. The molecule has 0 bridgehead atoms. The molecule has 1 aliphatic rings. The molecule has 0 aromatic heterocycles. The van der Waals surface area contributed by atoms with Crippen LogP contribution in [-0.2, 0) is 11.2 Å². The number of hydrogen-bond donors (Lipinski definition) is 4. The van der Waals surface area contributed by atoms with Crippen LogP contribution in [0.5, 0.6) is 0 Å². The minimum atomic E-state index is -0.836. The lowest BCUT2D eigenvalue weighted by Gasteiger charge is -2.35. The Kier molecular flexibility index (Phi) is 7.09. The van der Waals surface area contributed by atoms with E-state index in [0.29, 0.717) is 24.5 Å². The van der Waals surface area contributed by atoms with Gasteiger partial charge in [0.05, 0.1) is 34.9 Å². The number of anilines is 2. The second kappa shape index (κ2) is 10.4. The molecule has 0 radical (unpaired) electrons. The van der Waals surface area contributed by atoms with Gasteiger partial charge in [0.25, 0.3) is 0 Å². The van der Waals surface area contributed by atoms with Crippen molar-refractivity contribution in [1.29, 1.82) is 5.26 Å². The molecule has 0 saturated carbocycles. The van der Waals surface area contributed by atoms with Crippen molar-refractivity contribution in [3.8, 4) is 6.07 Å². The molecular weight excluding hydrogens is 431 g/mol. The largest absolute Gasteiger partial charge is 0.481 e. The Morgan fingerprint density at radius 2 is 1.91 bits per heavy atom. The van der Waals surface area contributed by atoms with Crippen molar-refractivity contribution in [3.63, 3.8) is 0 Å². The van der Waals surface area contributed by atoms with Gasteiger partial charge in [-0.05, 0) is 48.7 Å². The smallest absolute Gasteiger partial charge is 0.310 e. The minimum absolute atomic E-state index is 0.0512. The Bertz CT molecular complexity index is 1190. The van der Waals surface area contributed by atoms with Crippen LogP contribution in [0.2, 0.25) is 0 Å². The SMILES string of the molecule is C[C@@H](C(=O)O)c1ccc(CCN[C@H](c2ccccc2)[C@H]2CNc3cc(F)cc(C#N)c3N2)cc1. The summed E-state index contributed by atoms with van der Waals surface area (Å²) in [5.41, 5.74) is 4.49. The highest BCUT2D eigenvalue weighted by atomic mass is 19.1. The number of nitrogens with one attached hydrogen (secondary N) is 3. The maximum Gasteiger partial charge on any atom is 0.310 e. The highest BCUT2D eigenvalue weighted by Gasteiger charge is 2.28. The van der Waals surface area contributed by atoms with Crippen LogP contribution in [-0.4, -0.2) is 30.2 Å². The van der Waals surface area contributed by atoms with Gasteiger partial charge in [-0.25, -0.2) is 4.39 Å². The van der Waals surface area contributed by atoms with Crippen LogP contribution in [0.25, 0.3) is 0 Å². The molecule has 3 aromatic rings. The normalized spacial score (nSPS) is 16.3. The van der Waals surface area contributed by atoms with Crippen molar-refractivity contribution >= 4 is 17.3 Å². The molecule has 6 nitrogen and oxygen atoms in total. The molecule has 1 aliphatic heterocycles. The van der Waals surface area contributed by atoms with Gasteiger partial charge in [-0.15, -0.1) is 0 Å². The molecule has 3 aromatic carbocycles. The summed E-state index contributed by atoms with van der Waals surface area (Å²) < 4.78 is 13.8. The van der Waals surface area contributed by atoms with Gasteiger partial charge in [-0.3, -0.25) is 4.79 Å². The molecule has 4 rings (SSSR count). The maximum absolute atomic E-state index is 13.8. The van der Waals surface area contributed by atoms with Crippen LogP contribution in [0.1, 0.15) is 41.1 Å². The van der Waals surface area contributed by atoms with Crippen molar-refractivity contribution in [3.05, 3.63) is 94.8 Å². The third kappa shape index (κ3) is 5.19. The van der Waals surface area contributed by atoms with E-state index in [4.69, 9.17) is 0 Å². The summed E-state index contributed by atoms with van der Waals surface area (Å²) in [5, 5.41) is 29.0. The lowest BCUT2D eigenvalue weighted by atomic mass is 9.95. The van der Waals surface area contributed by atoms with Gasteiger partial charge in [0.2, 0.25) is 0 Å². The van der Waals surface area contributed by atoms with Crippen LogP contribution in [0.3, 0.4) is 0 Å². The predicted octanol–water partition coefficient (Wildman–Crippen LogP) is 4.67. The lowest BCUT2D eigenvalue weighted by Crippen LogP contribution is -2.44. The van der Waals surface area contributed by atoms with E-state index in [1.165, 1.54) is 12.1 Å². The first-order valence-electron chi connectivity index (χ1n) is 11.3. The first-order valence-corrected chi connectivity index (χ1v) is 11.3. The first-order chi connectivity index (χ1) is 16.5. The Morgan fingerprint density at radius 1 is 1.18 bits per heavy atom. The third-order valence-corrected chi connectivity index (χ3v) is 6.25. The number of nitriles is 1. The Hall–Kier alpha value is -3.89. The molecule has 0 saturated heterocycles. The highest BCUT2D eigenvalue weighted by Crippen LogP contribution is 2.34. The number of rotatable bonds is 8. The van der Waals surface area contributed by atoms with E-state index in [2.05, 4.69) is 34.2 Å². The third-order valence-electron chi connectivity index (χ3n) is 6.25. The maximum atomic E-state index is 13.8. The number of benzene rings is 3. The number of carboxylic acid groups (broad SMARTS) is 1. The number of hydrogen-bond acceptors (Lipinski definition) is 5. The lowest BCUT2D eigenvalue weighted by molar-refractivity contribution is -0.138. The summed E-state index contributed by atoms with van der Waals surface area (Å²) >= 11 is 0. The number of halogens is 1. The molecule has 4 N–H and O–H groups in total. The molecule has 0 aliphatic carbocycles. The standard InChI is InChI=1S/C27H27FN4O2/c1-17(27(33)34)19-9-7-18(8-10-19)11-12-30-25(20-5-3-2-4-6-20)24-16-31-23-14-22(28)13-21(15-29)26(23)32-24/h2-10,13-14,17,24-25,30-32H,11-12,16H2,1H3,(H,33,34)/t17-,24-,25-/m1/s1. The van der Waals surface area contributed by atoms with E-state index in [1.54, 1.807) is 6.92 Å². The number of aliphatic carboxylic acids is 1. The summed E-state index contributed by atoms with van der Waals surface area (Å²) in [7, 11) is 0. The summed E-state index contributed by atoms with van der Waals surface area (Å²) in [6, 6.07) is 22.4. The molecule has 1 heterocycles. The molecule has 0 amide bonds. The van der Waals surface area contributed by atoms with Crippen LogP contribution in [0.4, 0.5) is 15.8 Å². The summed E-state index contributed by atoms with van der Waals surface area (Å²) in [6.07, 6.45) is 0.774. The van der Waals surface area contributed by atoms with Crippen LogP contribution in [0, 0.1) is 17.1 Å². The molecule has 174 valence electrons. The van der Waals surface area contributed by atoms with E-state index in [1.807, 2.05) is 42.5 Å². The summed E-state index contributed by atoms with van der Waals surface area (Å²) in [6.45, 7) is 2.95. The Morgan fingerprint density at radius 3 is 2.59 bits per heavy atom. The van der Waals surface area contributed by atoms with Crippen LogP contribution >= 0.6 is 0 Å². The van der Waals surface area contributed by atoms with Gasteiger partial charge in [0, 0.05) is 6.54 Å². The quantitative estimate of drug-likeness (QED) is 0.392. The second-order valence-corrected chi connectivity index (χ2v) is 8.51. The highest BCUT2D eigenvalue weighted by molar-refractivity contribution is 5.78. The zero-order chi connectivity index (χ0) is 24.1. The molecule has 3 atom stereocenters. The molecule has 0 spiro atoms. The zero-order valence-electron chi connectivity index (χ0n) is 18.9. The molecular formula is C27H27FN4O2.